The topological polar surface area (TPSA) is 137 Å². The second kappa shape index (κ2) is 10.8. The van der Waals surface area contributed by atoms with Crippen LogP contribution in [0.1, 0.15) is 12.6 Å². The third kappa shape index (κ3) is 5.96. The van der Waals surface area contributed by atoms with E-state index in [-0.39, 0.29) is 38.8 Å². The predicted octanol–water partition coefficient (Wildman–Crippen LogP) is 1.52. The second-order valence-electron chi connectivity index (χ2n) is 7.84. The van der Waals surface area contributed by atoms with Gasteiger partial charge in [-0.25, -0.2) is 24.0 Å². The van der Waals surface area contributed by atoms with Crippen molar-refractivity contribution in [1.82, 2.24) is 15.4 Å². The Morgan fingerprint density at radius 1 is 1.31 bits per heavy atom. The second-order valence-corrected chi connectivity index (χ2v) is 8.70. The molecule has 2 fully saturated rings. The van der Waals surface area contributed by atoms with Gasteiger partial charge in [-0.3, -0.25) is 19.8 Å². The first kappa shape index (κ1) is 24.6. The SMILES string of the molecule is CC(=O)NC[C@H]1CN(c2ccc(N3CCON(C(=O)Nc4nc(CO)cs4)CC3)c(F)c2)C(=O)O1. The fraction of sp³-hybridized carbons (Fsp3) is 0.429. The number of thiazole rings is 1. The zero-order valence-corrected chi connectivity index (χ0v) is 19.7. The summed E-state index contributed by atoms with van der Waals surface area (Å²) in [6, 6.07) is 3.94. The molecule has 1 atom stereocenters. The average Bonchev–Trinajstić information content (AvgIpc) is 3.35. The van der Waals surface area contributed by atoms with Gasteiger partial charge in [0.25, 0.3) is 0 Å². The molecule has 14 heteroatoms. The van der Waals surface area contributed by atoms with Gasteiger partial charge in [0.15, 0.2) is 5.13 Å². The Balaban J connectivity index is 1.36. The normalized spacial score (nSPS) is 18.3. The van der Waals surface area contributed by atoms with Crippen molar-refractivity contribution in [2.75, 3.05) is 54.4 Å². The number of hydrogen-bond acceptors (Lipinski definition) is 9. The molecule has 0 radical (unpaired) electrons. The van der Waals surface area contributed by atoms with E-state index in [1.54, 1.807) is 22.4 Å². The number of nitrogens with zero attached hydrogens (tertiary/aromatic N) is 4. The van der Waals surface area contributed by atoms with Gasteiger partial charge in [0.1, 0.15) is 11.9 Å². The van der Waals surface area contributed by atoms with Crippen LogP contribution in [0.25, 0.3) is 0 Å². The standard InChI is InChI=1S/C21H25FN6O6S/c1-13(30)23-9-16-10-27(21(32)34-16)15-2-3-18(17(22)8-15)26-4-5-28(33-7-6-26)20(31)25-19-24-14(11-29)12-35-19/h2-3,8,12,16,29H,4-7,9-11H2,1H3,(H,23,30)(H,24,25,31)/t16-/m0/s1. The van der Waals surface area contributed by atoms with Crippen molar-refractivity contribution in [1.29, 1.82) is 0 Å². The highest BCUT2D eigenvalue weighted by Gasteiger charge is 2.33. The van der Waals surface area contributed by atoms with Crippen LogP contribution in [-0.2, 0) is 21.0 Å². The van der Waals surface area contributed by atoms with Crippen LogP contribution in [0, 0.1) is 5.82 Å². The van der Waals surface area contributed by atoms with Gasteiger partial charge >= 0.3 is 12.1 Å². The summed E-state index contributed by atoms with van der Waals surface area (Å²) in [6.07, 6.45) is -1.13. The van der Waals surface area contributed by atoms with Gasteiger partial charge in [0.2, 0.25) is 5.91 Å². The number of hydrogen-bond donors (Lipinski definition) is 3. The number of cyclic esters (lactones) is 1. The highest BCUT2D eigenvalue weighted by atomic mass is 32.1. The number of rotatable bonds is 6. The molecule has 3 heterocycles. The highest BCUT2D eigenvalue weighted by molar-refractivity contribution is 7.13. The lowest BCUT2D eigenvalue weighted by atomic mass is 10.2. The Morgan fingerprint density at radius 2 is 2.14 bits per heavy atom. The summed E-state index contributed by atoms with van der Waals surface area (Å²) in [5.41, 5.74) is 1.12. The first-order valence-electron chi connectivity index (χ1n) is 10.9. The fourth-order valence-corrected chi connectivity index (χ4v) is 4.35. The summed E-state index contributed by atoms with van der Waals surface area (Å²) in [5, 5.41) is 17.4. The summed E-state index contributed by atoms with van der Waals surface area (Å²) in [5.74, 6) is -0.760. The monoisotopic (exact) mass is 508 g/mol. The van der Waals surface area contributed by atoms with Crippen LogP contribution in [0.4, 0.5) is 30.5 Å². The Morgan fingerprint density at radius 3 is 2.86 bits per heavy atom. The number of urea groups is 1. The van der Waals surface area contributed by atoms with Crippen molar-refractivity contribution in [2.24, 2.45) is 0 Å². The zero-order chi connectivity index (χ0) is 24.9. The molecular weight excluding hydrogens is 483 g/mol. The highest BCUT2D eigenvalue weighted by Crippen LogP contribution is 2.28. The first-order chi connectivity index (χ1) is 16.8. The summed E-state index contributed by atoms with van der Waals surface area (Å²) in [7, 11) is 0. The Labute approximate surface area is 204 Å². The van der Waals surface area contributed by atoms with E-state index in [1.165, 1.54) is 29.2 Å². The molecule has 35 heavy (non-hydrogen) atoms. The van der Waals surface area contributed by atoms with Gasteiger partial charge in [0, 0.05) is 25.4 Å². The lowest BCUT2D eigenvalue weighted by molar-refractivity contribution is -0.119. The van der Waals surface area contributed by atoms with Crippen molar-refractivity contribution < 1.29 is 33.5 Å². The summed E-state index contributed by atoms with van der Waals surface area (Å²) >= 11 is 1.19. The molecule has 4 amide bonds. The number of halogens is 1. The van der Waals surface area contributed by atoms with Gasteiger partial charge in [-0.15, -0.1) is 11.3 Å². The lowest BCUT2D eigenvalue weighted by Gasteiger charge is -2.23. The van der Waals surface area contributed by atoms with E-state index in [4.69, 9.17) is 14.7 Å². The minimum atomic E-state index is -0.608. The number of benzene rings is 1. The minimum absolute atomic E-state index is 0.150. The van der Waals surface area contributed by atoms with Gasteiger partial charge in [-0.2, -0.15) is 0 Å². The van der Waals surface area contributed by atoms with Gasteiger partial charge in [0.05, 0.1) is 49.9 Å². The number of anilines is 3. The molecule has 2 aliphatic heterocycles. The average molecular weight is 509 g/mol. The number of carbonyl (C=O) groups excluding carboxylic acids is 3. The largest absolute Gasteiger partial charge is 0.442 e. The van der Waals surface area contributed by atoms with Crippen LogP contribution in [-0.4, -0.2) is 78.6 Å². The Hall–Kier alpha value is -3.49. The number of nitrogens with one attached hydrogen (secondary N) is 2. The molecule has 0 saturated carbocycles. The molecule has 3 N–H and O–H groups in total. The number of hydroxylamine groups is 2. The molecule has 12 nitrogen and oxygen atoms in total. The van der Waals surface area contributed by atoms with E-state index >= 15 is 4.39 Å². The molecule has 0 spiro atoms. The molecular formula is C21H25FN6O6S. The summed E-state index contributed by atoms with van der Waals surface area (Å²) < 4.78 is 20.3. The maximum atomic E-state index is 15.0. The van der Waals surface area contributed by atoms with Crippen molar-refractivity contribution in [2.45, 2.75) is 19.6 Å². The van der Waals surface area contributed by atoms with E-state index in [9.17, 15) is 14.4 Å². The van der Waals surface area contributed by atoms with Crippen molar-refractivity contribution >= 4 is 45.9 Å². The van der Waals surface area contributed by atoms with Gasteiger partial charge < -0.3 is 20.1 Å². The molecule has 188 valence electrons. The smallest absolute Gasteiger partial charge is 0.414 e. The van der Waals surface area contributed by atoms with Crippen LogP contribution < -0.4 is 20.4 Å². The van der Waals surface area contributed by atoms with E-state index in [2.05, 4.69) is 15.6 Å². The molecule has 4 rings (SSSR count). The quantitative estimate of drug-likeness (QED) is 0.534. The van der Waals surface area contributed by atoms with E-state index in [0.717, 1.165) is 5.06 Å². The molecule has 2 saturated heterocycles. The third-order valence-electron chi connectivity index (χ3n) is 5.37. The van der Waals surface area contributed by atoms with Crippen LogP contribution in [0.15, 0.2) is 23.6 Å². The first-order valence-corrected chi connectivity index (χ1v) is 11.8. The number of amides is 4. The number of aliphatic hydroxyl groups excluding tert-OH is 1. The lowest BCUT2D eigenvalue weighted by Crippen LogP contribution is -2.37. The molecule has 0 bridgehead atoms. The number of aliphatic hydroxyl groups is 1. The van der Waals surface area contributed by atoms with Crippen LogP contribution in [0.5, 0.6) is 0 Å². The van der Waals surface area contributed by atoms with Crippen LogP contribution >= 0.6 is 11.3 Å². The predicted molar refractivity (Wildman–Crippen MR) is 125 cm³/mol. The molecule has 0 aliphatic carbocycles. The molecule has 1 aromatic carbocycles. The molecule has 1 aromatic heterocycles. The summed E-state index contributed by atoms with van der Waals surface area (Å²) in [4.78, 5) is 48.4. The van der Waals surface area contributed by atoms with E-state index in [1.807, 2.05) is 0 Å². The molecule has 0 unspecified atom stereocenters. The number of aromatic nitrogens is 1. The van der Waals surface area contributed by atoms with E-state index in [0.29, 0.717) is 35.3 Å². The number of carbonyl (C=O) groups is 3. The third-order valence-corrected chi connectivity index (χ3v) is 6.18. The van der Waals surface area contributed by atoms with Crippen molar-refractivity contribution in [3.8, 4) is 0 Å². The summed E-state index contributed by atoms with van der Waals surface area (Å²) in [6.45, 7) is 2.51. The Kier molecular flexibility index (Phi) is 7.63. The van der Waals surface area contributed by atoms with Crippen LogP contribution in [0.3, 0.4) is 0 Å². The fourth-order valence-electron chi connectivity index (χ4n) is 3.66. The van der Waals surface area contributed by atoms with Crippen LogP contribution in [0.2, 0.25) is 0 Å². The minimum Gasteiger partial charge on any atom is -0.442 e. The van der Waals surface area contributed by atoms with E-state index < -0.39 is 24.0 Å². The van der Waals surface area contributed by atoms with Crippen molar-refractivity contribution in [3.63, 3.8) is 0 Å². The van der Waals surface area contributed by atoms with Gasteiger partial charge in [-0.1, -0.05) is 0 Å². The molecule has 2 aliphatic rings. The Bertz CT molecular complexity index is 1100. The maximum Gasteiger partial charge on any atom is 0.414 e. The zero-order valence-electron chi connectivity index (χ0n) is 18.9. The van der Waals surface area contributed by atoms with Crippen molar-refractivity contribution in [3.05, 3.63) is 35.1 Å². The molecule has 2 aromatic rings. The maximum absolute atomic E-state index is 15.0. The number of ether oxygens (including phenoxy) is 1. The van der Waals surface area contributed by atoms with Gasteiger partial charge in [-0.05, 0) is 18.2 Å².